The van der Waals surface area contributed by atoms with E-state index in [4.69, 9.17) is 0 Å². The normalized spacial score (nSPS) is 36.7. The summed E-state index contributed by atoms with van der Waals surface area (Å²) in [7, 11) is 0. The zero-order valence-electron chi connectivity index (χ0n) is 6.69. The number of hydrogen-bond donors (Lipinski definition) is 0. The Morgan fingerprint density at radius 2 is 1.89 bits per heavy atom. The zero-order chi connectivity index (χ0) is 6.69. The molecule has 0 nitrogen and oxygen atoms in total. The van der Waals surface area contributed by atoms with Gasteiger partial charge in [0.2, 0.25) is 0 Å². The molecular formula is C9H18. The van der Waals surface area contributed by atoms with Crippen LogP contribution in [-0.2, 0) is 0 Å². The Bertz CT molecular complexity index is 76.1. The van der Waals surface area contributed by atoms with Crippen LogP contribution in [0.1, 0.15) is 46.0 Å². The number of rotatable bonds is 1. The van der Waals surface area contributed by atoms with Crippen LogP contribution < -0.4 is 0 Å². The summed E-state index contributed by atoms with van der Waals surface area (Å²) < 4.78 is 0. The second-order valence-corrected chi connectivity index (χ2v) is 3.43. The molecule has 0 heteroatoms. The third-order valence-corrected chi connectivity index (χ3v) is 2.81. The predicted molar refractivity (Wildman–Crippen MR) is 41.4 cm³/mol. The van der Waals surface area contributed by atoms with E-state index in [9.17, 15) is 0 Å². The van der Waals surface area contributed by atoms with Crippen LogP contribution in [0.5, 0.6) is 0 Å². The monoisotopic (exact) mass is 126 g/mol. The van der Waals surface area contributed by atoms with Gasteiger partial charge in [-0.25, -0.2) is 0 Å². The van der Waals surface area contributed by atoms with E-state index in [-0.39, 0.29) is 0 Å². The maximum Gasteiger partial charge on any atom is -0.0391 e. The lowest BCUT2D eigenvalue weighted by Crippen LogP contribution is -2.15. The van der Waals surface area contributed by atoms with Crippen molar-refractivity contribution in [3.05, 3.63) is 0 Å². The van der Waals surface area contributed by atoms with E-state index in [0.717, 1.165) is 11.8 Å². The molecule has 1 aliphatic carbocycles. The first kappa shape index (κ1) is 7.11. The maximum atomic E-state index is 2.41. The molecule has 54 valence electrons. The van der Waals surface area contributed by atoms with Crippen LogP contribution in [-0.4, -0.2) is 0 Å². The van der Waals surface area contributed by atoms with Gasteiger partial charge in [0.05, 0.1) is 0 Å². The molecule has 0 bridgehead atoms. The minimum Gasteiger partial charge on any atom is -0.0651 e. The summed E-state index contributed by atoms with van der Waals surface area (Å²) in [6.07, 6.45) is 7.36. The quantitative estimate of drug-likeness (QED) is 0.506. The SMILES string of the molecule is CCC1CCCC[C@H]1C. The van der Waals surface area contributed by atoms with Crippen molar-refractivity contribution >= 4 is 0 Å². The predicted octanol–water partition coefficient (Wildman–Crippen LogP) is 3.22. The third-order valence-electron chi connectivity index (χ3n) is 2.81. The van der Waals surface area contributed by atoms with Gasteiger partial charge in [-0.15, -0.1) is 0 Å². The van der Waals surface area contributed by atoms with Crippen LogP contribution >= 0.6 is 0 Å². The fraction of sp³-hybridized carbons (Fsp3) is 1.00. The Labute approximate surface area is 58.7 Å². The van der Waals surface area contributed by atoms with Crippen LogP contribution in [0.25, 0.3) is 0 Å². The Kier molecular flexibility index (Phi) is 2.56. The highest BCUT2D eigenvalue weighted by Gasteiger charge is 2.18. The molecule has 0 N–H and O–H groups in total. The highest BCUT2D eigenvalue weighted by atomic mass is 14.2. The standard InChI is InChI=1S/C9H18/c1-3-9-7-5-4-6-8(9)2/h8-9H,3-7H2,1-2H3/t8-,9?/m1/s1. The summed E-state index contributed by atoms with van der Waals surface area (Å²) in [5.41, 5.74) is 0. The molecule has 0 aromatic carbocycles. The molecule has 0 spiro atoms. The maximum absolute atomic E-state index is 2.41. The van der Waals surface area contributed by atoms with Gasteiger partial charge in [-0.1, -0.05) is 46.0 Å². The molecule has 2 atom stereocenters. The average molecular weight is 126 g/mol. The first-order valence-corrected chi connectivity index (χ1v) is 4.34. The molecule has 0 saturated heterocycles. The molecule has 0 heterocycles. The summed E-state index contributed by atoms with van der Waals surface area (Å²) in [6, 6.07) is 0. The molecule has 0 radical (unpaired) electrons. The molecular weight excluding hydrogens is 108 g/mol. The highest BCUT2D eigenvalue weighted by molar-refractivity contribution is 4.70. The number of hydrogen-bond acceptors (Lipinski definition) is 0. The van der Waals surface area contributed by atoms with Crippen molar-refractivity contribution in [2.45, 2.75) is 46.0 Å². The summed E-state index contributed by atoms with van der Waals surface area (Å²) in [5.74, 6) is 2.07. The molecule has 9 heavy (non-hydrogen) atoms. The van der Waals surface area contributed by atoms with E-state index in [1.54, 1.807) is 0 Å². The van der Waals surface area contributed by atoms with Gasteiger partial charge in [-0.05, 0) is 11.8 Å². The van der Waals surface area contributed by atoms with Crippen LogP contribution in [0.3, 0.4) is 0 Å². The van der Waals surface area contributed by atoms with Crippen molar-refractivity contribution in [2.75, 3.05) is 0 Å². The summed E-state index contributed by atoms with van der Waals surface area (Å²) in [6.45, 7) is 4.74. The first-order chi connectivity index (χ1) is 4.34. The Hall–Kier alpha value is 0. The van der Waals surface area contributed by atoms with Crippen LogP contribution in [0, 0.1) is 11.8 Å². The van der Waals surface area contributed by atoms with Crippen molar-refractivity contribution < 1.29 is 0 Å². The fourth-order valence-corrected chi connectivity index (χ4v) is 2.00. The topological polar surface area (TPSA) is 0 Å². The Balaban J connectivity index is 2.30. The van der Waals surface area contributed by atoms with Crippen molar-refractivity contribution in [3.8, 4) is 0 Å². The zero-order valence-corrected chi connectivity index (χ0v) is 6.69. The molecule has 1 fully saturated rings. The highest BCUT2D eigenvalue weighted by Crippen LogP contribution is 2.31. The van der Waals surface area contributed by atoms with Gasteiger partial charge in [-0.2, -0.15) is 0 Å². The molecule has 1 aliphatic rings. The average Bonchev–Trinajstić information content (AvgIpc) is 1.89. The molecule has 0 aromatic rings. The van der Waals surface area contributed by atoms with E-state index in [0.29, 0.717) is 0 Å². The van der Waals surface area contributed by atoms with Gasteiger partial charge >= 0.3 is 0 Å². The van der Waals surface area contributed by atoms with Gasteiger partial charge < -0.3 is 0 Å². The summed E-state index contributed by atoms with van der Waals surface area (Å²) in [4.78, 5) is 0. The molecule has 0 amide bonds. The molecule has 0 aromatic heterocycles. The van der Waals surface area contributed by atoms with Gasteiger partial charge in [0.25, 0.3) is 0 Å². The van der Waals surface area contributed by atoms with Crippen LogP contribution in [0.15, 0.2) is 0 Å². The van der Waals surface area contributed by atoms with Crippen molar-refractivity contribution in [1.29, 1.82) is 0 Å². The largest absolute Gasteiger partial charge is 0.0651 e. The van der Waals surface area contributed by atoms with Crippen molar-refractivity contribution in [3.63, 3.8) is 0 Å². The Morgan fingerprint density at radius 1 is 1.22 bits per heavy atom. The molecule has 1 rings (SSSR count). The van der Waals surface area contributed by atoms with E-state index < -0.39 is 0 Å². The lowest BCUT2D eigenvalue weighted by atomic mass is 9.79. The minimum atomic E-state index is 1.02. The van der Waals surface area contributed by atoms with Gasteiger partial charge in [-0.3, -0.25) is 0 Å². The smallest absolute Gasteiger partial charge is 0.0391 e. The second-order valence-electron chi connectivity index (χ2n) is 3.43. The van der Waals surface area contributed by atoms with Gasteiger partial charge in [0.15, 0.2) is 0 Å². The first-order valence-electron chi connectivity index (χ1n) is 4.34. The molecule has 1 unspecified atom stereocenters. The third kappa shape index (κ3) is 1.70. The minimum absolute atomic E-state index is 1.02. The molecule has 1 saturated carbocycles. The summed E-state index contributed by atoms with van der Waals surface area (Å²) in [5, 5.41) is 0. The second kappa shape index (κ2) is 3.24. The van der Waals surface area contributed by atoms with E-state index >= 15 is 0 Å². The molecule has 0 aliphatic heterocycles. The van der Waals surface area contributed by atoms with Crippen molar-refractivity contribution in [1.82, 2.24) is 0 Å². The van der Waals surface area contributed by atoms with Crippen molar-refractivity contribution in [2.24, 2.45) is 11.8 Å². The fourth-order valence-electron chi connectivity index (χ4n) is 2.00. The lowest BCUT2D eigenvalue weighted by molar-refractivity contribution is 0.249. The van der Waals surface area contributed by atoms with E-state index in [2.05, 4.69) is 13.8 Å². The van der Waals surface area contributed by atoms with E-state index in [1.807, 2.05) is 0 Å². The van der Waals surface area contributed by atoms with Gasteiger partial charge in [0, 0.05) is 0 Å². The summed E-state index contributed by atoms with van der Waals surface area (Å²) >= 11 is 0. The Morgan fingerprint density at radius 3 is 2.33 bits per heavy atom. The van der Waals surface area contributed by atoms with Gasteiger partial charge in [0.1, 0.15) is 0 Å². The van der Waals surface area contributed by atoms with Crippen LogP contribution in [0.4, 0.5) is 0 Å². The van der Waals surface area contributed by atoms with E-state index in [1.165, 1.54) is 32.1 Å². The van der Waals surface area contributed by atoms with Crippen LogP contribution in [0.2, 0.25) is 0 Å². The lowest BCUT2D eigenvalue weighted by Gasteiger charge is -2.27.